The molecule has 2 saturated heterocycles. The van der Waals surface area contributed by atoms with Gasteiger partial charge in [-0.3, -0.25) is 4.79 Å². The van der Waals surface area contributed by atoms with Crippen molar-refractivity contribution in [3.05, 3.63) is 34.3 Å². The third-order valence-electron chi connectivity index (χ3n) is 5.13. The van der Waals surface area contributed by atoms with Crippen molar-refractivity contribution in [2.45, 2.75) is 43.6 Å². The second-order valence-corrected chi connectivity index (χ2v) is 7.54. The normalized spacial score (nSPS) is 23.1. The summed E-state index contributed by atoms with van der Waals surface area (Å²) in [5.74, 6) is 0.146. The van der Waals surface area contributed by atoms with Crippen molar-refractivity contribution in [1.82, 2.24) is 10.6 Å². The number of rotatable bonds is 4. The molecule has 0 saturated carbocycles. The molecule has 0 radical (unpaired) electrons. The van der Waals surface area contributed by atoms with Crippen LogP contribution in [0.15, 0.2) is 28.7 Å². The van der Waals surface area contributed by atoms with Crippen molar-refractivity contribution in [2.75, 3.05) is 26.3 Å². The maximum absolute atomic E-state index is 12.5. The highest BCUT2D eigenvalue weighted by Gasteiger charge is 2.35. The zero-order valence-electron chi connectivity index (χ0n) is 13.9. The smallest absolute Gasteiger partial charge is 0.237 e. The van der Waals surface area contributed by atoms with E-state index in [0.29, 0.717) is 6.54 Å². The van der Waals surface area contributed by atoms with E-state index in [1.54, 1.807) is 0 Å². The van der Waals surface area contributed by atoms with Gasteiger partial charge in [-0.1, -0.05) is 34.5 Å². The number of halogens is 2. The predicted molar refractivity (Wildman–Crippen MR) is 102 cm³/mol. The SMILES string of the molecule is Cl.O=C(NCC1(c2ccc(Br)cc2)CCOCC1)C1CCCCN1. The van der Waals surface area contributed by atoms with Crippen LogP contribution in [0.3, 0.4) is 0 Å². The molecule has 2 aliphatic rings. The number of ether oxygens (including phenoxy) is 1. The van der Waals surface area contributed by atoms with Crippen molar-refractivity contribution < 1.29 is 9.53 Å². The van der Waals surface area contributed by atoms with E-state index in [1.165, 1.54) is 12.0 Å². The van der Waals surface area contributed by atoms with E-state index in [0.717, 1.165) is 49.9 Å². The van der Waals surface area contributed by atoms with Crippen molar-refractivity contribution in [1.29, 1.82) is 0 Å². The van der Waals surface area contributed by atoms with Crippen LogP contribution in [0.4, 0.5) is 0 Å². The highest BCUT2D eigenvalue weighted by Crippen LogP contribution is 2.35. The summed E-state index contributed by atoms with van der Waals surface area (Å²) in [5.41, 5.74) is 1.28. The second kappa shape index (κ2) is 9.18. The number of nitrogens with one attached hydrogen (secondary N) is 2. The molecule has 2 fully saturated rings. The topological polar surface area (TPSA) is 50.4 Å². The van der Waals surface area contributed by atoms with Crippen molar-refractivity contribution in [2.24, 2.45) is 0 Å². The summed E-state index contributed by atoms with van der Waals surface area (Å²) in [6.45, 7) is 3.15. The van der Waals surface area contributed by atoms with Crippen molar-refractivity contribution in [3.63, 3.8) is 0 Å². The van der Waals surface area contributed by atoms with Gasteiger partial charge in [0, 0.05) is 29.6 Å². The van der Waals surface area contributed by atoms with Crippen LogP contribution in [0, 0.1) is 0 Å². The molecule has 134 valence electrons. The van der Waals surface area contributed by atoms with Gasteiger partial charge in [0.15, 0.2) is 0 Å². The molecule has 2 aliphatic heterocycles. The van der Waals surface area contributed by atoms with E-state index in [9.17, 15) is 4.79 Å². The zero-order chi connectivity index (χ0) is 16.1. The first-order valence-electron chi connectivity index (χ1n) is 8.55. The number of benzene rings is 1. The number of carbonyl (C=O) groups excluding carboxylic acids is 1. The van der Waals surface area contributed by atoms with Gasteiger partial charge < -0.3 is 15.4 Å². The van der Waals surface area contributed by atoms with E-state index in [4.69, 9.17) is 4.74 Å². The van der Waals surface area contributed by atoms with Crippen LogP contribution in [-0.4, -0.2) is 38.3 Å². The fourth-order valence-corrected chi connectivity index (χ4v) is 3.85. The van der Waals surface area contributed by atoms with Gasteiger partial charge in [0.05, 0.1) is 6.04 Å². The Labute approximate surface area is 158 Å². The van der Waals surface area contributed by atoms with E-state index in [1.807, 2.05) is 0 Å². The summed E-state index contributed by atoms with van der Waals surface area (Å²) in [6, 6.07) is 8.47. The van der Waals surface area contributed by atoms with Crippen LogP contribution in [-0.2, 0) is 14.9 Å². The molecule has 0 spiro atoms. The number of amides is 1. The molecule has 0 aliphatic carbocycles. The van der Waals surface area contributed by atoms with Gasteiger partial charge in [-0.25, -0.2) is 0 Å². The lowest BCUT2D eigenvalue weighted by atomic mass is 9.74. The van der Waals surface area contributed by atoms with Crippen LogP contribution in [0.2, 0.25) is 0 Å². The van der Waals surface area contributed by atoms with E-state index < -0.39 is 0 Å². The molecule has 24 heavy (non-hydrogen) atoms. The maximum atomic E-state index is 12.5. The number of hydrogen-bond donors (Lipinski definition) is 2. The molecule has 1 unspecified atom stereocenters. The summed E-state index contributed by atoms with van der Waals surface area (Å²) in [6.07, 6.45) is 5.15. The Bertz CT molecular complexity index is 526. The standard InChI is InChI=1S/C18H25BrN2O2.ClH/c19-15-6-4-14(5-7-15)18(8-11-23-12-9-18)13-21-17(22)16-3-1-2-10-20-16;/h4-7,16,20H,1-3,8-13H2,(H,21,22);1H. The van der Waals surface area contributed by atoms with Gasteiger partial charge in [0.2, 0.25) is 5.91 Å². The lowest BCUT2D eigenvalue weighted by Crippen LogP contribution is -2.51. The fourth-order valence-electron chi connectivity index (χ4n) is 3.59. The number of piperidine rings is 1. The van der Waals surface area contributed by atoms with Crippen LogP contribution >= 0.6 is 28.3 Å². The van der Waals surface area contributed by atoms with E-state index >= 15 is 0 Å². The molecule has 1 atom stereocenters. The average Bonchev–Trinajstić information content (AvgIpc) is 2.62. The van der Waals surface area contributed by atoms with Crippen molar-refractivity contribution >= 4 is 34.2 Å². The van der Waals surface area contributed by atoms with E-state index in [-0.39, 0.29) is 29.8 Å². The van der Waals surface area contributed by atoms with Gasteiger partial charge in [-0.15, -0.1) is 12.4 Å². The van der Waals surface area contributed by atoms with Gasteiger partial charge >= 0.3 is 0 Å². The molecular weight excluding hydrogens is 392 g/mol. The summed E-state index contributed by atoms with van der Waals surface area (Å²) < 4.78 is 6.64. The fraction of sp³-hybridized carbons (Fsp3) is 0.611. The maximum Gasteiger partial charge on any atom is 0.237 e. The lowest BCUT2D eigenvalue weighted by Gasteiger charge is -2.38. The minimum atomic E-state index is -0.0226. The number of carbonyl (C=O) groups is 1. The minimum Gasteiger partial charge on any atom is -0.381 e. The van der Waals surface area contributed by atoms with Crippen LogP contribution in [0.25, 0.3) is 0 Å². The molecule has 1 aromatic carbocycles. The first kappa shape index (κ1) is 19.7. The summed E-state index contributed by atoms with van der Waals surface area (Å²) in [5, 5.41) is 6.53. The van der Waals surface area contributed by atoms with Crippen LogP contribution < -0.4 is 10.6 Å². The molecule has 6 heteroatoms. The minimum absolute atomic E-state index is 0. The monoisotopic (exact) mass is 416 g/mol. The van der Waals surface area contributed by atoms with Gasteiger partial charge in [0.25, 0.3) is 0 Å². The average molecular weight is 418 g/mol. The summed E-state index contributed by atoms with van der Waals surface area (Å²) in [7, 11) is 0. The van der Waals surface area contributed by atoms with E-state index in [2.05, 4.69) is 50.8 Å². The van der Waals surface area contributed by atoms with Crippen LogP contribution in [0.1, 0.15) is 37.7 Å². The first-order valence-corrected chi connectivity index (χ1v) is 9.34. The molecule has 2 heterocycles. The first-order chi connectivity index (χ1) is 11.2. The molecule has 0 bridgehead atoms. The second-order valence-electron chi connectivity index (χ2n) is 6.62. The Hall–Kier alpha value is -0.620. The summed E-state index contributed by atoms with van der Waals surface area (Å²) >= 11 is 3.50. The quantitative estimate of drug-likeness (QED) is 0.791. The Morgan fingerprint density at radius 3 is 2.58 bits per heavy atom. The molecule has 1 aromatic rings. The predicted octanol–water partition coefficient (Wildman–Crippen LogP) is 3.18. The molecule has 0 aromatic heterocycles. The molecule has 2 N–H and O–H groups in total. The summed E-state index contributed by atoms with van der Waals surface area (Å²) in [4.78, 5) is 12.5. The Balaban J connectivity index is 0.00000208. The molecule has 1 amide bonds. The highest BCUT2D eigenvalue weighted by molar-refractivity contribution is 9.10. The lowest BCUT2D eigenvalue weighted by molar-refractivity contribution is -0.124. The largest absolute Gasteiger partial charge is 0.381 e. The highest BCUT2D eigenvalue weighted by atomic mass is 79.9. The molecule has 4 nitrogen and oxygen atoms in total. The van der Waals surface area contributed by atoms with Crippen molar-refractivity contribution in [3.8, 4) is 0 Å². The van der Waals surface area contributed by atoms with Gasteiger partial charge in [-0.05, 0) is 49.9 Å². The molecule has 3 rings (SSSR count). The Morgan fingerprint density at radius 2 is 1.96 bits per heavy atom. The zero-order valence-corrected chi connectivity index (χ0v) is 16.3. The Morgan fingerprint density at radius 1 is 1.25 bits per heavy atom. The van der Waals surface area contributed by atoms with Gasteiger partial charge in [0.1, 0.15) is 0 Å². The van der Waals surface area contributed by atoms with Gasteiger partial charge in [-0.2, -0.15) is 0 Å². The number of hydrogen-bond acceptors (Lipinski definition) is 3. The molecular formula is C18H26BrClN2O2. The third-order valence-corrected chi connectivity index (χ3v) is 5.66. The Kier molecular flexibility index (Phi) is 7.54. The van der Waals surface area contributed by atoms with Crippen LogP contribution in [0.5, 0.6) is 0 Å². The third kappa shape index (κ3) is 4.72.